The number of aryl methyl sites for hydroxylation is 1. The Labute approximate surface area is 168 Å². The first kappa shape index (κ1) is 18.7. The number of carbonyl (C=O) groups is 1. The molecule has 0 bridgehead atoms. The zero-order valence-corrected chi connectivity index (χ0v) is 15.9. The first-order valence-corrected chi connectivity index (χ1v) is 9.38. The molecule has 0 fully saturated rings. The van der Waals surface area contributed by atoms with Gasteiger partial charge in [-0.25, -0.2) is 0 Å². The number of ether oxygens (including phenoxy) is 1. The van der Waals surface area contributed by atoms with Crippen molar-refractivity contribution in [1.82, 2.24) is 0 Å². The molecule has 3 aromatic rings. The van der Waals surface area contributed by atoms with Crippen LogP contribution in [0.3, 0.4) is 0 Å². The number of nitro groups is 1. The van der Waals surface area contributed by atoms with E-state index in [1.54, 1.807) is 12.1 Å². The summed E-state index contributed by atoms with van der Waals surface area (Å²) in [6, 6.07) is 20.5. The highest BCUT2D eigenvalue weighted by Gasteiger charge is 2.29. The highest BCUT2D eigenvalue weighted by molar-refractivity contribution is 5.81. The molecular formula is C23H20N2O4. The molecule has 146 valence electrons. The van der Waals surface area contributed by atoms with Crippen molar-refractivity contribution in [2.45, 2.75) is 18.8 Å². The Morgan fingerprint density at radius 2 is 1.86 bits per heavy atom. The highest BCUT2D eigenvalue weighted by atomic mass is 16.6. The lowest BCUT2D eigenvalue weighted by atomic mass is 10.0. The maximum atomic E-state index is 11.9. The topological polar surface area (TPSA) is 81.5 Å². The SMILES string of the molecule is COC(=O)C1CCc2cc(Nc3cc(-c4ccccc4)ccc3[N+](=O)[O-])ccc21. The van der Waals surface area contributed by atoms with Crippen molar-refractivity contribution < 1.29 is 14.5 Å². The van der Waals surface area contributed by atoms with E-state index in [9.17, 15) is 14.9 Å². The second kappa shape index (κ2) is 7.75. The van der Waals surface area contributed by atoms with E-state index in [0.717, 1.165) is 40.8 Å². The number of nitrogens with zero attached hydrogens (tertiary/aromatic N) is 1. The molecule has 0 aromatic heterocycles. The van der Waals surface area contributed by atoms with Gasteiger partial charge in [-0.3, -0.25) is 14.9 Å². The van der Waals surface area contributed by atoms with Gasteiger partial charge in [0.25, 0.3) is 5.69 Å². The third-order valence-electron chi connectivity index (χ3n) is 5.29. The first-order chi connectivity index (χ1) is 14.1. The molecule has 6 heteroatoms. The fraction of sp³-hybridized carbons (Fsp3) is 0.174. The van der Waals surface area contributed by atoms with E-state index >= 15 is 0 Å². The van der Waals surface area contributed by atoms with E-state index in [4.69, 9.17) is 4.74 Å². The minimum absolute atomic E-state index is 0.0117. The summed E-state index contributed by atoms with van der Waals surface area (Å²) in [4.78, 5) is 23.1. The molecule has 0 spiro atoms. The molecule has 1 N–H and O–H groups in total. The van der Waals surface area contributed by atoms with E-state index in [-0.39, 0.29) is 17.6 Å². The van der Waals surface area contributed by atoms with Crippen LogP contribution in [-0.2, 0) is 16.0 Å². The van der Waals surface area contributed by atoms with Crippen LogP contribution < -0.4 is 5.32 Å². The number of carbonyl (C=O) groups excluding carboxylic acids is 1. The number of rotatable bonds is 5. The molecule has 1 unspecified atom stereocenters. The van der Waals surface area contributed by atoms with Crippen LogP contribution in [0.4, 0.5) is 17.1 Å². The van der Waals surface area contributed by atoms with E-state index in [2.05, 4.69) is 5.32 Å². The van der Waals surface area contributed by atoms with E-state index in [1.807, 2.05) is 48.5 Å². The number of hydrogen-bond donors (Lipinski definition) is 1. The van der Waals surface area contributed by atoms with Gasteiger partial charge in [0.1, 0.15) is 5.69 Å². The summed E-state index contributed by atoms with van der Waals surface area (Å²) < 4.78 is 4.88. The molecule has 1 atom stereocenters. The number of nitro benzene ring substituents is 1. The molecule has 1 aliphatic rings. The molecule has 0 saturated carbocycles. The molecule has 29 heavy (non-hydrogen) atoms. The van der Waals surface area contributed by atoms with Crippen molar-refractivity contribution in [2.24, 2.45) is 0 Å². The number of methoxy groups -OCH3 is 1. The van der Waals surface area contributed by atoms with Gasteiger partial charge in [0.05, 0.1) is 18.0 Å². The van der Waals surface area contributed by atoms with Gasteiger partial charge >= 0.3 is 5.97 Å². The summed E-state index contributed by atoms with van der Waals surface area (Å²) in [7, 11) is 1.40. The van der Waals surface area contributed by atoms with Gasteiger partial charge in [0, 0.05) is 11.8 Å². The molecule has 1 aliphatic carbocycles. The fourth-order valence-corrected chi connectivity index (χ4v) is 3.84. The van der Waals surface area contributed by atoms with Crippen LogP contribution in [-0.4, -0.2) is 18.0 Å². The van der Waals surface area contributed by atoms with E-state index < -0.39 is 4.92 Å². The third kappa shape index (κ3) is 3.69. The third-order valence-corrected chi connectivity index (χ3v) is 5.29. The Bertz CT molecular complexity index is 1080. The maximum absolute atomic E-state index is 11.9. The van der Waals surface area contributed by atoms with Crippen LogP contribution in [0.2, 0.25) is 0 Å². The summed E-state index contributed by atoms with van der Waals surface area (Å²) in [6.07, 6.45) is 1.49. The first-order valence-electron chi connectivity index (χ1n) is 9.38. The largest absolute Gasteiger partial charge is 0.469 e. The summed E-state index contributed by atoms with van der Waals surface area (Å²) in [5.74, 6) is -0.463. The predicted octanol–water partition coefficient (Wildman–Crippen LogP) is 5.21. The quantitative estimate of drug-likeness (QED) is 0.369. The Morgan fingerprint density at radius 1 is 1.07 bits per heavy atom. The summed E-state index contributed by atoms with van der Waals surface area (Å²) >= 11 is 0. The monoisotopic (exact) mass is 388 g/mol. The zero-order chi connectivity index (χ0) is 20.4. The summed E-state index contributed by atoms with van der Waals surface area (Å²) in [5, 5.41) is 14.7. The Hall–Kier alpha value is -3.67. The molecule has 0 radical (unpaired) electrons. The van der Waals surface area contributed by atoms with Gasteiger partial charge in [-0.15, -0.1) is 0 Å². The molecule has 0 heterocycles. The van der Waals surface area contributed by atoms with Crippen LogP contribution in [0, 0.1) is 10.1 Å². The Kier molecular flexibility index (Phi) is 4.99. The standard InChI is InChI=1S/C23H20N2O4/c1-29-23(26)20-10-7-17-13-18(9-11-19(17)20)24-21-14-16(8-12-22(21)25(27)28)15-5-3-2-4-6-15/h2-6,8-9,11-14,20,24H,7,10H2,1H3. The van der Waals surface area contributed by atoms with Crippen molar-refractivity contribution in [1.29, 1.82) is 0 Å². The molecule has 0 amide bonds. The smallest absolute Gasteiger partial charge is 0.313 e. The predicted molar refractivity (Wildman–Crippen MR) is 111 cm³/mol. The second-order valence-electron chi connectivity index (χ2n) is 7.01. The minimum Gasteiger partial charge on any atom is -0.469 e. The van der Waals surface area contributed by atoms with Crippen LogP contribution in [0.5, 0.6) is 0 Å². The van der Waals surface area contributed by atoms with Crippen LogP contribution in [0.1, 0.15) is 23.5 Å². The van der Waals surface area contributed by atoms with Gasteiger partial charge in [-0.1, -0.05) is 36.4 Å². The Balaban J connectivity index is 1.67. The minimum atomic E-state index is -0.391. The molecule has 4 rings (SSSR count). The van der Waals surface area contributed by atoms with E-state index in [0.29, 0.717) is 5.69 Å². The van der Waals surface area contributed by atoms with Crippen molar-refractivity contribution in [3.8, 4) is 11.1 Å². The van der Waals surface area contributed by atoms with Crippen molar-refractivity contribution >= 4 is 23.0 Å². The number of hydrogen-bond acceptors (Lipinski definition) is 5. The summed E-state index contributed by atoms with van der Waals surface area (Å²) in [5.41, 5.74) is 5.10. The lowest BCUT2D eigenvalue weighted by Gasteiger charge is -2.12. The number of benzene rings is 3. The van der Waals surface area contributed by atoms with Crippen LogP contribution >= 0.6 is 0 Å². The number of fused-ring (bicyclic) bond motifs is 1. The molecule has 3 aromatic carbocycles. The van der Waals surface area contributed by atoms with E-state index in [1.165, 1.54) is 13.2 Å². The molecular weight excluding hydrogens is 368 g/mol. The van der Waals surface area contributed by atoms with Gasteiger partial charge < -0.3 is 10.1 Å². The average Bonchev–Trinajstić information content (AvgIpc) is 3.17. The van der Waals surface area contributed by atoms with Crippen molar-refractivity contribution in [3.63, 3.8) is 0 Å². The molecule has 0 saturated heterocycles. The zero-order valence-electron chi connectivity index (χ0n) is 15.9. The molecule has 6 nitrogen and oxygen atoms in total. The van der Waals surface area contributed by atoms with Crippen molar-refractivity contribution in [3.05, 3.63) is 88.0 Å². The normalized spacial score (nSPS) is 14.9. The summed E-state index contributed by atoms with van der Waals surface area (Å²) in [6.45, 7) is 0. The number of anilines is 2. The van der Waals surface area contributed by atoms with Crippen molar-refractivity contribution in [2.75, 3.05) is 12.4 Å². The van der Waals surface area contributed by atoms with Gasteiger partial charge in [-0.05, 0) is 59.4 Å². The van der Waals surface area contributed by atoms with Crippen LogP contribution in [0.25, 0.3) is 11.1 Å². The van der Waals surface area contributed by atoms with Gasteiger partial charge in [0.2, 0.25) is 0 Å². The van der Waals surface area contributed by atoms with Gasteiger partial charge in [-0.2, -0.15) is 0 Å². The Morgan fingerprint density at radius 3 is 2.59 bits per heavy atom. The average molecular weight is 388 g/mol. The van der Waals surface area contributed by atoms with Gasteiger partial charge in [0.15, 0.2) is 0 Å². The lowest BCUT2D eigenvalue weighted by molar-refractivity contribution is -0.383. The van der Waals surface area contributed by atoms with Crippen LogP contribution in [0.15, 0.2) is 66.7 Å². The lowest BCUT2D eigenvalue weighted by Crippen LogP contribution is -2.11. The molecule has 0 aliphatic heterocycles. The highest BCUT2D eigenvalue weighted by Crippen LogP contribution is 2.37. The number of esters is 1. The fourth-order valence-electron chi connectivity index (χ4n) is 3.84. The maximum Gasteiger partial charge on any atom is 0.313 e. The second-order valence-corrected chi connectivity index (χ2v) is 7.01. The number of nitrogens with one attached hydrogen (secondary N) is 1.